The Morgan fingerprint density at radius 3 is 2.73 bits per heavy atom. The van der Waals surface area contributed by atoms with E-state index in [9.17, 15) is 0 Å². The van der Waals surface area contributed by atoms with Gasteiger partial charge in [-0.05, 0) is 59.6 Å². The van der Waals surface area contributed by atoms with Gasteiger partial charge >= 0.3 is 0 Å². The number of likely N-dealkylation sites (tertiary alicyclic amines) is 1. The second-order valence-corrected chi connectivity index (χ2v) is 8.18. The molecule has 7 heteroatoms. The molecular formula is C19H21BrN4OS. The van der Waals surface area contributed by atoms with Crippen molar-refractivity contribution >= 4 is 43.3 Å². The first-order valence-corrected chi connectivity index (χ1v) is 10.4. The van der Waals surface area contributed by atoms with Crippen LogP contribution in [-0.4, -0.2) is 41.6 Å². The van der Waals surface area contributed by atoms with E-state index >= 15 is 0 Å². The van der Waals surface area contributed by atoms with Crippen molar-refractivity contribution in [3.63, 3.8) is 0 Å². The molecule has 1 aliphatic heterocycles. The molecule has 1 saturated heterocycles. The Morgan fingerprint density at radius 2 is 2.00 bits per heavy atom. The van der Waals surface area contributed by atoms with Crippen molar-refractivity contribution in [3.05, 3.63) is 46.0 Å². The first-order chi connectivity index (χ1) is 12.7. The lowest BCUT2D eigenvalue weighted by Crippen LogP contribution is -2.29. The van der Waals surface area contributed by atoms with Gasteiger partial charge in [-0.2, -0.15) is 0 Å². The van der Waals surface area contributed by atoms with Gasteiger partial charge in [0.25, 0.3) is 0 Å². The smallest absolute Gasteiger partial charge is 0.139 e. The zero-order valence-corrected chi connectivity index (χ0v) is 17.0. The summed E-state index contributed by atoms with van der Waals surface area (Å²) in [6.45, 7) is 3.28. The molecule has 3 aromatic rings. The third kappa shape index (κ3) is 3.70. The lowest BCUT2D eigenvalue weighted by Gasteiger charge is -2.25. The second-order valence-electron chi connectivity index (χ2n) is 6.46. The van der Waals surface area contributed by atoms with Crippen molar-refractivity contribution in [2.24, 2.45) is 0 Å². The van der Waals surface area contributed by atoms with Crippen molar-refractivity contribution in [1.29, 1.82) is 0 Å². The summed E-state index contributed by atoms with van der Waals surface area (Å²) in [5.74, 6) is 1.75. The van der Waals surface area contributed by atoms with Crippen molar-refractivity contribution in [2.45, 2.75) is 18.9 Å². The molecule has 4 rings (SSSR count). The number of anilines is 1. The summed E-state index contributed by atoms with van der Waals surface area (Å²) in [7, 11) is 1.70. The van der Waals surface area contributed by atoms with Gasteiger partial charge in [-0.3, -0.25) is 0 Å². The number of methoxy groups -OCH3 is 1. The molecule has 1 aliphatic rings. The van der Waals surface area contributed by atoms with Crippen LogP contribution in [-0.2, 0) is 0 Å². The van der Waals surface area contributed by atoms with Crippen molar-refractivity contribution in [1.82, 2.24) is 14.9 Å². The number of nitrogens with one attached hydrogen (secondary N) is 1. The van der Waals surface area contributed by atoms with E-state index in [1.165, 1.54) is 18.4 Å². The third-order valence-corrected chi connectivity index (χ3v) is 6.61. The van der Waals surface area contributed by atoms with Gasteiger partial charge in [-0.15, -0.1) is 11.3 Å². The third-order valence-electron chi connectivity index (χ3n) is 4.79. The molecule has 0 amide bonds. The molecular weight excluding hydrogens is 412 g/mol. The van der Waals surface area contributed by atoms with Crippen LogP contribution in [0.25, 0.3) is 10.2 Å². The number of fused-ring (bicyclic) bond motifs is 1. The quantitative estimate of drug-likeness (QED) is 0.610. The molecule has 1 atom stereocenters. The molecule has 1 aromatic carbocycles. The molecule has 0 bridgehead atoms. The Balaban J connectivity index is 1.65. The normalized spacial score (nSPS) is 16.1. The van der Waals surface area contributed by atoms with E-state index in [2.05, 4.69) is 53.6 Å². The Morgan fingerprint density at radius 1 is 1.23 bits per heavy atom. The SMILES string of the molecule is COc1ccc(C(CN2CCCC2)Nc2ncnc3scc(Br)c23)cc1. The van der Waals surface area contributed by atoms with Crippen LogP contribution in [0.2, 0.25) is 0 Å². The van der Waals surface area contributed by atoms with Gasteiger partial charge in [0.1, 0.15) is 22.7 Å². The Bertz CT molecular complexity index is 877. The lowest BCUT2D eigenvalue weighted by molar-refractivity contribution is 0.323. The maximum absolute atomic E-state index is 5.31. The highest BCUT2D eigenvalue weighted by Crippen LogP contribution is 2.35. The summed E-state index contributed by atoms with van der Waals surface area (Å²) >= 11 is 5.26. The number of ether oxygens (including phenoxy) is 1. The van der Waals surface area contributed by atoms with Gasteiger partial charge in [0, 0.05) is 16.4 Å². The molecule has 2 aromatic heterocycles. The summed E-state index contributed by atoms with van der Waals surface area (Å²) < 4.78 is 6.34. The molecule has 5 nitrogen and oxygen atoms in total. The van der Waals surface area contributed by atoms with Gasteiger partial charge in [-0.25, -0.2) is 9.97 Å². The minimum absolute atomic E-state index is 0.156. The standard InChI is InChI=1S/C19H21BrN4OS/c1-25-14-6-4-13(5-7-14)16(10-24-8-2-3-9-24)23-18-17-15(20)11-26-19(17)22-12-21-18/h4-7,11-12,16H,2-3,8-10H2,1H3,(H,21,22,23). The maximum atomic E-state index is 5.31. The van der Waals surface area contributed by atoms with Gasteiger partial charge < -0.3 is 15.0 Å². The molecule has 1 N–H and O–H groups in total. The highest BCUT2D eigenvalue weighted by atomic mass is 79.9. The fourth-order valence-electron chi connectivity index (χ4n) is 3.41. The van der Waals surface area contributed by atoms with E-state index < -0.39 is 0 Å². The highest BCUT2D eigenvalue weighted by Gasteiger charge is 2.21. The number of thiophene rings is 1. The number of rotatable bonds is 6. The summed E-state index contributed by atoms with van der Waals surface area (Å²) in [5.41, 5.74) is 1.23. The molecule has 3 heterocycles. The van der Waals surface area contributed by atoms with Crippen LogP contribution in [0.15, 0.2) is 40.4 Å². The Hall–Kier alpha value is -1.70. The van der Waals surface area contributed by atoms with E-state index in [-0.39, 0.29) is 6.04 Å². The topological polar surface area (TPSA) is 50.3 Å². The maximum Gasteiger partial charge on any atom is 0.139 e. The first kappa shape index (κ1) is 17.7. The van der Waals surface area contributed by atoms with Crippen LogP contribution in [0.3, 0.4) is 0 Å². The molecule has 1 fully saturated rings. The van der Waals surface area contributed by atoms with Gasteiger partial charge in [0.2, 0.25) is 0 Å². The molecule has 136 valence electrons. The van der Waals surface area contributed by atoms with Crippen molar-refractivity contribution in [2.75, 3.05) is 32.1 Å². The average molecular weight is 433 g/mol. The molecule has 1 unspecified atom stereocenters. The predicted molar refractivity (Wildman–Crippen MR) is 110 cm³/mol. The summed E-state index contributed by atoms with van der Waals surface area (Å²) in [5, 5.41) is 6.79. The zero-order valence-electron chi connectivity index (χ0n) is 14.6. The number of halogens is 1. The average Bonchev–Trinajstić information content (AvgIpc) is 3.32. The van der Waals surface area contributed by atoms with Gasteiger partial charge in [-0.1, -0.05) is 12.1 Å². The summed E-state index contributed by atoms with van der Waals surface area (Å²) in [6, 6.07) is 8.46. The van der Waals surface area contributed by atoms with Crippen LogP contribution < -0.4 is 10.1 Å². The number of hydrogen-bond donors (Lipinski definition) is 1. The van der Waals surface area contributed by atoms with Crippen LogP contribution >= 0.6 is 27.3 Å². The monoisotopic (exact) mass is 432 g/mol. The minimum Gasteiger partial charge on any atom is -0.497 e. The van der Waals surface area contributed by atoms with Crippen LogP contribution in [0.4, 0.5) is 5.82 Å². The molecule has 0 saturated carbocycles. The fourth-order valence-corrected chi connectivity index (χ4v) is 4.96. The number of nitrogens with zero attached hydrogens (tertiary/aromatic N) is 3. The molecule has 0 radical (unpaired) electrons. The first-order valence-electron chi connectivity index (χ1n) is 8.75. The number of aromatic nitrogens is 2. The number of benzene rings is 1. The zero-order chi connectivity index (χ0) is 17.9. The Labute approximate surface area is 165 Å². The van der Waals surface area contributed by atoms with Crippen LogP contribution in [0, 0.1) is 0 Å². The van der Waals surface area contributed by atoms with Gasteiger partial charge in [0.15, 0.2) is 0 Å². The molecule has 0 aliphatic carbocycles. The van der Waals surface area contributed by atoms with Crippen molar-refractivity contribution < 1.29 is 4.74 Å². The highest BCUT2D eigenvalue weighted by molar-refractivity contribution is 9.10. The predicted octanol–water partition coefficient (Wildman–Crippen LogP) is 4.71. The second kappa shape index (κ2) is 7.90. The molecule has 0 spiro atoms. The summed E-state index contributed by atoms with van der Waals surface area (Å²) in [6.07, 6.45) is 4.20. The van der Waals surface area contributed by atoms with E-state index in [0.29, 0.717) is 0 Å². The minimum atomic E-state index is 0.156. The largest absolute Gasteiger partial charge is 0.497 e. The van der Waals surface area contributed by atoms with Crippen LogP contribution in [0.1, 0.15) is 24.4 Å². The van der Waals surface area contributed by atoms with E-state index in [1.54, 1.807) is 24.8 Å². The number of hydrogen-bond acceptors (Lipinski definition) is 6. The fraction of sp³-hybridized carbons (Fsp3) is 0.368. The van der Waals surface area contributed by atoms with Crippen LogP contribution in [0.5, 0.6) is 5.75 Å². The Kier molecular flexibility index (Phi) is 5.38. The van der Waals surface area contributed by atoms with Gasteiger partial charge in [0.05, 0.1) is 18.5 Å². The van der Waals surface area contributed by atoms with E-state index in [1.807, 2.05) is 12.1 Å². The molecule has 26 heavy (non-hydrogen) atoms. The summed E-state index contributed by atoms with van der Waals surface area (Å²) in [4.78, 5) is 12.4. The van der Waals surface area contributed by atoms with Crippen molar-refractivity contribution in [3.8, 4) is 5.75 Å². The van der Waals surface area contributed by atoms with E-state index in [4.69, 9.17) is 4.74 Å². The lowest BCUT2D eigenvalue weighted by atomic mass is 10.1. The van der Waals surface area contributed by atoms with E-state index in [0.717, 1.165) is 45.9 Å².